The molecule has 8 heteroatoms. The molecule has 4 rings (SSSR count). The highest BCUT2D eigenvalue weighted by Crippen LogP contribution is 2.37. The van der Waals surface area contributed by atoms with E-state index in [1.807, 2.05) is 51.1 Å². The van der Waals surface area contributed by atoms with E-state index in [-0.39, 0.29) is 24.6 Å². The number of nitrogens with zero attached hydrogens (tertiary/aromatic N) is 1. The van der Waals surface area contributed by atoms with E-state index in [0.29, 0.717) is 11.4 Å². The van der Waals surface area contributed by atoms with Gasteiger partial charge in [0.05, 0.1) is 23.7 Å². The summed E-state index contributed by atoms with van der Waals surface area (Å²) in [5, 5.41) is 2.79. The van der Waals surface area contributed by atoms with Crippen molar-refractivity contribution in [3.63, 3.8) is 0 Å². The topological polar surface area (TPSA) is 84.9 Å². The van der Waals surface area contributed by atoms with E-state index in [0.717, 1.165) is 22.4 Å². The van der Waals surface area contributed by atoms with Gasteiger partial charge in [-0.05, 0) is 62.2 Å². The van der Waals surface area contributed by atoms with Crippen LogP contribution in [-0.4, -0.2) is 40.1 Å². The molecule has 0 spiro atoms. The first kappa shape index (κ1) is 23.6. The fourth-order valence-electron chi connectivity index (χ4n) is 3.73. The van der Waals surface area contributed by atoms with Crippen molar-refractivity contribution in [3.05, 3.63) is 83.4 Å². The number of hydrogen-bond donors (Lipinski definition) is 1. The van der Waals surface area contributed by atoms with Crippen LogP contribution in [0.15, 0.2) is 71.6 Å². The number of rotatable bonds is 7. The molecule has 0 aliphatic carbocycles. The third-order valence-corrected chi connectivity index (χ3v) is 7.43. The summed E-state index contributed by atoms with van der Waals surface area (Å²) in [7, 11) is -3.89. The molecule has 0 saturated heterocycles. The second kappa shape index (κ2) is 9.77. The average Bonchev–Trinajstić information content (AvgIpc) is 2.82. The van der Waals surface area contributed by atoms with Crippen molar-refractivity contribution in [2.24, 2.45) is 0 Å². The summed E-state index contributed by atoms with van der Waals surface area (Å²) >= 11 is 0. The minimum Gasteiger partial charge on any atom is -0.491 e. The van der Waals surface area contributed by atoms with Gasteiger partial charge in [0, 0.05) is 0 Å². The Morgan fingerprint density at radius 3 is 2.47 bits per heavy atom. The monoisotopic (exact) mass is 480 g/mol. The Morgan fingerprint density at radius 1 is 1.03 bits per heavy atom. The lowest BCUT2D eigenvalue weighted by Gasteiger charge is -2.35. The number of amides is 1. The van der Waals surface area contributed by atoms with Crippen molar-refractivity contribution < 1.29 is 22.7 Å². The van der Waals surface area contributed by atoms with E-state index >= 15 is 0 Å². The Kier molecular flexibility index (Phi) is 6.79. The number of ether oxygens (including phenoxy) is 2. The third kappa shape index (κ3) is 5.02. The molecular weight excluding hydrogens is 452 g/mol. The largest absolute Gasteiger partial charge is 0.491 e. The van der Waals surface area contributed by atoms with E-state index in [4.69, 9.17) is 9.47 Å². The highest BCUT2D eigenvalue weighted by Gasteiger charge is 2.37. The van der Waals surface area contributed by atoms with Gasteiger partial charge in [0.15, 0.2) is 6.10 Å². The zero-order valence-corrected chi connectivity index (χ0v) is 20.3. The lowest BCUT2D eigenvalue weighted by molar-refractivity contribution is -0.127. The molecule has 0 bridgehead atoms. The summed E-state index contributed by atoms with van der Waals surface area (Å²) < 4.78 is 39.9. The predicted octanol–water partition coefficient (Wildman–Crippen LogP) is 3.76. The molecule has 1 aliphatic heterocycles. The summed E-state index contributed by atoms with van der Waals surface area (Å²) in [6.07, 6.45) is -0.992. The normalized spacial score (nSPS) is 15.3. The summed E-state index contributed by atoms with van der Waals surface area (Å²) in [6, 6.07) is 19.6. The van der Waals surface area contributed by atoms with Crippen LogP contribution in [0.4, 0.5) is 5.69 Å². The first-order valence-electron chi connectivity index (χ1n) is 11.1. The van der Waals surface area contributed by atoms with Gasteiger partial charge in [-0.1, -0.05) is 42.0 Å². The van der Waals surface area contributed by atoms with E-state index in [1.165, 1.54) is 4.31 Å². The molecule has 1 aliphatic rings. The zero-order chi connectivity index (χ0) is 24.3. The minimum atomic E-state index is -3.89. The van der Waals surface area contributed by atoms with E-state index < -0.39 is 22.0 Å². The van der Waals surface area contributed by atoms with Gasteiger partial charge in [-0.25, -0.2) is 8.42 Å². The molecule has 0 unspecified atom stereocenters. The second-order valence-corrected chi connectivity index (χ2v) is 10.2. The van der Waals surface area contributed by atoms with Crippen molar-refractivity contribution in [2.75, 3.05) is 24.0 Å². The molecule has 1 atom stereocenters. The number of carbonyl (C=O) groups is 1. The molecule has 0 saturated carbocycles. The quantitative estimate of drug-likeness (QED) is 0.521. The van der Waals surface area contributed by atoms with Crippen LogP contribution in [0.25, 0.3) is 0 Å². The molecule has 1 heterocycles. The van der Waals surface area contributed by atoms with Crippen molar-refractivity contribution >= 4 is 21.6 Å². The predicted molar refractivity (Wildman–Crippen MR) is 131 cm³/mol. The number of carbonyl (C=O) groups excluding carboxylic acids is 1. The van der Waals surface area contributed by atoms with Crippen molar-refractivity contribution in [2.45, 2.75) is 31.8 Å². The summed E-state index contributed by atoms with van der Waals surface area (Å²) in [4.78, 5) is 13.1. The van der Waals surface area contributed by atoms with Crippen molar-refractivity contribution in [1.82, 2.24) is 5.32 Å². The number of anilines is 1. The van der Waals surface area contributed by atoms with Crippen LogP contribution in [0.1, 0.15) is 16.7 Å². The highest BCUT2D eigenvalue weighted by molar-refractivity contribution is 7.92. The zero-order valence-electron chi connectivity index (χ0n) is 19.4. The molecule has 0 aromatic heterocycles. The smallest absolute Gasteiger partial charge is 0.264 e. The number of benzene rings is 3. The fourth-order valence-corrected chi connectivity index (χ4v) is 5.20. The second-order valence-electron chi connectivity index (χ2n) is 8.33. The lowest BCUT2D eigenvalue weighted by atomic mass is 10.1. The standard InChI is InChI=1S/C26H28N2O5S/c1-18-8-11-21(12-9-18)34(30,31)28-17-25(33-24-13-10-19(2)16-22(24)28)26(29)27-14-15-32-23-7-5-4-6-20(23)3/h4-13,16,25H,14-15,17H2,1-3H3,(H,27,29)/t25-/m1/s1. The molecule has 0 fully saturated rings. The Hall–Kier alpha value is -3.52. The van der Waals surface area contributed by atoms with Crippen LogP contribution < -0.4 is 19.1 Å². The number of para-hydroxylation sites is 1. The van der Waals surface area contributed by atoms with E-state index in [2.05, 4.69) is 5.32 Å². The van der Waals surface area contributed by atoms with Gasteiger partial charge in [0.25, 0.3) is 15.9 Å². The Bertz CT molecular complexity index is 1290. The summed E-state index contributed by atoms with van der Waals surface area (Å²) in [6.45, 7) is 6.14. The molecule has 0 radical (unpaired) electrons. The molecule has 3 aromatic rings. The van der Waals surface area contributed by atoms with E-state index in [9.17, 15) is 13.2 Å². The van der Waals surface area contributed by atoms with Crippen LogP contribution in [0.3, 0.4) is 0 Å². The van der Waals surface area contributed by atoms with Gasteiger partial charge >= 0.3 is 0 Å². The van der Waals surface area contributed by atoms with Crippen molar-refractivity contribution in [1.29, 1.82) is 0 Å². The Labute approximate surface area is 200 Å². The van der Waals surface area contributed by atoms with Gasteiger partial charge in [-0.2, -0.15) is 0 Å². The number of nitrogens with one attached hydrogen (secondary N) is 1. The molecule has 1 amide bonds. The molecule has 1 N–H and O–H groups in total. The maximum Gasteiger partial charge on any atom is 0.264 e. The number of hydrogen-bond acceptors (Lipinski definition) is 5. The number of sulfonamides is 1. The van der Waals surface area contributed by atoms with Gasteiger partial charge in [-0.15, -0.1) is 0 Å². The van der Waals surface area contributed by atoms with Crippen molar-refractivity contribution in [3.8, 4) is 11.5 Å². The molecule has 34 heavy (non-hydrogen) atoms. The third-order valence-electron chi connectivity index (χ3n) is 5.64. The highest BCUT2D eigenvalue weighted by atomic mass is 32.2. The Morgan fingerprint density at radius 2 is 1.74 bits per heavy atom. The first-order chi connectivity index (χ1) is 16.3. The summed E-state index contributed by atoms with van der Waals surface area (Å²) in [5.74, 6) is 0.706. The van der Waals surface area contributed by atoms with E-state index in [1.54, 1.807) is 36.4 Å². The van der Waals surface area contributed by atoms with Crippen LogP contribution in [0, 0.1) is 20.8 Å². The van der Waals surface area contributed by atoms with Crippen LogP contribution in [0.2, 0.25) is 0 Å². The first-order valence-corrected chi connectivity index (χ1v) is 12.5. The van der Waals surface area contributed by atoms with Gasteiger partial charge in [-0.3, -0.25) is 9.10 Å². The lowest BCUT2D eigenvalue weighted by Crippen LogP contribution is -2.51. The molecule has 3 aromatic carbocycles. The molecule has 7 nitrogen and oxygen atoms in total. The number of aryl methyl sites for hydroxylation is 3. The van der Waals surface area contributed by atoms with Crippen LogP contribution >= 0.6 is 0 Å². The van der Waals surface area contributed by atoms with Gasteiger partial charge < -0.3 is 14.8 Å². The maximum absolute atomic E-state index is 13.5. The molecule has 178 valence electrons. The van der Waals surface area contributed by atoms with Crippen LogP contribution in [0.5, 0.6) is 11.5 Å². The SMILES string of the molecule is Cc1ccc(S(=O)(=O)N2C[C@H](C(=O)NCCOc3ccccc3C)Oc3ccc(C)cc32)cc1. The molecular formula is C26H28N2O5S. The maximum atomic E-state index is 13.5. The minimum absolute atomic E-state index is 0.128. The van der Waals surface area contributed by atoms with Gasteiger partial charge in [0.2, 0.25) is 0 Å². The summed E-state index contributed by atoms with van der Waals surface area (Å²) in [5.41, 5.74) is 3.28. The van der Waals surface area contributed by atoms with Crippen LogP contribution in [-0.2, 0) is 14.8 Å². The van der Waals surface area contributed by atoms with Gasteiger partial charge in [0.1, 0.15) is 18.1 Å². The average molecular weight is 481 g/mol. The number of fused-ring (bicyclic) bond motifs is 1. The fraction of sp³-hybridized carbons (Fsp3) is 0.269. The Balaban J connectivity index is 1.50.